The number of piperidine rings is 1. The van der Waals surface area contributed by atoms with Crippen molar-refractivity contribution < 1.29 is 9.72 Å². The number of anilines is 2. The van der Waals surface area contributed by atoms with Crippen LogP contribution in [-0.4, -0.2) is 28.9 Å². The number of hydrogen-bond donors (Lipinski definition) is 1. The summed E-state index contributed by atoms with van der Waals surface area (Å²) in [5.74, 6) is 0.0686. The minimum Gasteiger partial charge on any atom is -0.366 e. The molecule has 3 aromatic carbocycles. The predicted octanol–water partition coefficient (Wildman–Crippen LogP) is 6.36. The van der Waals surface area contributed by atoms with E-state index >= 15 is 0 Å². The molecule has 1 aliphatic heterocycles. The number of nitro groups is 1. The van der Waals surface area contributed by atoms with Gasteiger partial charge in [-0.3, -0.25) is 20.2 Å². The van der Waals surface area contributed by atoms with E-state index in [2.05, 4.69) is 35.4 Å². The summed E-state index contributed by atoms with van der Waals surface area (Å²) >= 11 is 1.32. The summed E-state index contributed by atoms with van der Waals surface area (Å²) < 4.78 is 0. The third kappa shape index (κ3) is 4.49. The molecule has 1 aromatic heterocycles. The van der Waals surface area contributed by atoms with E-state index in [4.69, 9.17) is 0 Å². The van der Waals surface area contributed by atoms with Gasteiger partial charge in [-0.25, -0.2) is 4.98 Å². The second kappa shape index (κ2) is 9.23. The molecule has 1 aliphatic rings. The van der Waals surface area contributed by atoms with Crippen LogP contribution in [0.15, 0.2) is 66.0 Å². The second-order valence-electron chi connectivity index (χ2n) is 8.71. The van der Waals surface area contributed by atoms with E-state index in [-0.39, 0.29) is 11.3 Å². The first-order valence-electron chi connectivity index (χ1n) is 11.3. The summed E-state index contributed by atoms with van der Waals surface area (Å²) in [7, 11) is 0. The Morgan fingerprint density at radius 3 is 2.76 bits per heavy atom. The maximum atomic E-state index is 12.9. The van der Waals surface area contributed by atoms with E-state index < -0.39 is 10.8 Å². The van der Waals surface area contributed by atoms with Crippen LogP contribution in [0.1, 0.15) is 30.1 Å². The zero-order chi connectivity index (χ0) is 23.7. The third-order valence-electron chi connectivity index (χ3n) is 6.20. The third-order valence-corrected chi connectivity index (χ3v) is 6.96. The Morgan fingerprint density at radius 2 is 1.97 bits per heavy atom. The van der Waals surface area contributed by atoms with Gasteiger partial charge in [0, 0.05) is 35.7 Å². The molecule has 1 fully saturated rings. The van der Waals surface area contributed by atoms with Crippen LogP contribution in [0.2, 0.25) is 0 Å². The number of amides is 1. The Morgan fingerprint density at radius 1 is 1.15 bits per heavy atom. The fourth-order valence-corrected chi connectivity index (χ4v) is 5.18. The highest BCUT2D eigenvalue weighted by Gasteiger charge is 2.25. The summed E-state index contributed by atoms with van der Waals surface area (Å²) in [6, 6.07) is 18.9. The van der Waals surface area contributed by atoms with Crippen LogP contribution < -0.4 is 10.2 Å². The molecule has 0 unspecified atom stereocenters. The number of hydrogen-bond acceptors (Lipinski definition) is 6. The SMILES string of the molecule is C[C@@H]1CCCN(c2ccc(C(=O)Nc3nc(-c4ccc5ccccc5c4)cs3)cc2[N+](=O)[O-])C1. The van der Waals surface area contributed by atoms with E-state index in [1.54, 1.807) is 12.1 Å². The zero-order valence-corrected chi connectivity index (χ0v) is 19.5. The first-order chi connectivity index (χ1) is 16.5. The summed E-state index contributed by atoms with van der Waals surface area (Å²) in [6.07, 6.45) is 2.13. The van der Waals surface area contributed by atoms with Crippen LogP contribution in [0.4, 0.5) is 16.5 Å². The summed E-state index contributed by atoms with van der Waals surface area (Å²) in [6.45, 7) is 3.72. The maximum absolute atomic E-state index is 12.9. The fraction of sp³-hybridized carbons (Fsp3) is 0.231. The highest BCUT2D eigenvalue weighted by molar-refractivity contribution is 7.14. The summed E-state index contributed by atoms with van der Waals surface area (Å²) in [4.78, 5) is 30.8. The van der Waals surface area contributed by atoms with Crippen LogP contribution in [-0.2, 0) is 0 Å². The first-order valence-corrected chi connectivity index (χ1v) is 12.2. The normalized spacial score (nSPS) is 15.9. The molecule has 34 heavy (non-hydrogen) atoms. The standard InChI is InChI=1S/C26H24N4O3S/c1-17-5-4-12-29(15-17)23-11-10-21(14-24(23)30(32)33)25(31)28-26-27-22(16-34-26)20-9-8-18-6-2-3-7-19(18)13-20/h2-3,6-11,13-14,16-17H,4-5,12,15H2,1H3,(H,27,28,31)/t17-/m1/s1. The van der Waals surface area contributed by atoms with Gasteiger partial charge in [-0.05, 0) is 47.7 Å². The predicted molar refractivity (Wildman–Crippen MR) is 137 cm³/mol. The number of aromatic nitrogens is 1. The van der Waals surface area contributed by atoms with Crippen molar-refractivity contribution in [3.05, 3.63) is 81.7 Å². The average Bonchev–Trinajstić information content (AvgIpc) is 3.31. The van der Waals surface area contributed by atoms with Gasteiger partial charge in [0.1, 0.15) is 5.69 Å². The Labute approximate surface area is 201 Å². The molecule has 2 heterocycles. The lowest BCUT2D eigenvalue weighted by Gasteiger charge is -2.32. The van der Waals surface area contributed by atoms with Crippen molar-refractivity contribution in [3.63, 3.8) is 0 Å². The van der Waals surface area contributed by atoms with Gasteiger partial charge in [0.15, 0.2) is 5.13 Å². The monoisotopic (exact) mass is 472 g/mol. The van der Waals surface area contributed by atoms with E-state index in [0.717, 1.165) is 48.0 Å². The number of rotatable bonds is 5. The number of nitrogens with one attached hydrogen (secondary N) is 1. The van der Waals surface area contributed by atoms with Crippen molar-refractivity contribution in [1.29, 1.82) is 0 Å². The Kier molecular flexibility index (Phi) is 5.98. The molecule has 1 amide bonds. The molecule has 0 spiro atoms. The molecule has 5 rings (SSSR count). The number of thiazole rings is 1. The molecule has 0 bridgehead atoms. The van der Waals surface area contributed by atoms with Crippen molar-refractivity contribution in [2.75, 3.05) is 23.3 Å². The average molecular weight is 473 g/mol. The van der Waals surface area contributed by atoms with Crippen molar-refractivity contribution in [1.82, 2.24) is 4.98 Å². The molecule has 8 heteroatoms. The topological polar surface area (TPSA) is 88.4 Å². The van der Waals surface area contributed by atoms with Crippen LogP contribution in [0, 0.1) is 16.0 Å². The van der Waals surface area contributed by atoms with Crippen molar-refractivity contribution in [3.8, 4) is 11.3 Å². The molecule has 4 aromatic rings. The molecular weight excluding hydrogens is 448 g/mol. The molecule has 0 aliphatic carbocycles. The number of nitrogens with zero attached hydrogens (tertiary/aromatic N) is 3. The van der Waals surface area contributed by atoms with E-state index in [0.29, 0.717) is 16.7 Å². The summed E-state index contributed by atoms with van der Waals surface area (Å²) in [5.41, 5.74) is 2.50. The Bertz CT molecular complexity index is 1380. The molecule has 172 valence electrons. The highest BCUT2D eigenvalue weighted by atomic mass is 32.1. The molecular formula is C26H24N4O3S. The Hall–Kier alpha value is -3.78. The van der Waals surface area contributed by atoms with Crippen LogP contribution in [0.25, 0.3) is 22.0 Å². The second-order valence-corrected chi connectivity index (χ2v) is 9.57. The molecule has 1 N–H and O–H groups in total. The van der Waals surface area contributed by atoms with Crippen LogP contribution in [0.3, 0.4) is 0 Å². The van der Waals surface area contributed by atoms with Crippen LogP contribution in [0.5, 0.6) is 0 Å². The number of benzene rings is 3. The molecule has 1 atom stereocenters. The highest BCUT2D eigenvalue weighted by Crippen LogP contribution is 2.33. The van der Waals surface area contributed by atoms with E-state index in [9.17, 15) is 14.9 Å². The number of fused-ring (bicyclic) bond motifs is 1. The lowest BCUT2D eigenvalue weighted by atomic mass is 9.99. The van der Waals surface area contributed by atoms with Gasteiger partial charge in [-0.1, -0.05) is 43.3 Å². The smallest absolute Gasteiger partial charge is 0.293 e. The largest absolute Gasteiger partial charge is 0.366 e. The van der Waals surface area contributed by atoms with Gasteiger partial charge in [0.05, 0.1) is 10.6 Å². The number of carbonyl (C=O) groups excluding carboxylic acids is 1. The van der Waals surface area contributed by atoms with Gasteiger partial charge >= 0.3 is 0 Å². The molecule has 1 saturated heterocycles. The minimum atomic E-state index is -0.416. The quantitative estimate of drug-likeness (QED) is 0.270. The van der Waals surface area contributed by atoms with Gasteiger partial charge in [0.25, 0.3) is 11.6 Å². The lowest BCUT2D eigenvalue weighted by molar-refractivity contribution is -0.384. The zero-order valence-electron chi connectivity index (χ0n) is 18.7. The summed E-state index contributed by atoms with van der Waals surface area (Å²) in [5, 5.41) is 19.2. The van der Waals surface area contributed by atoms with Gasteiger partial charge in [-0.2, -0.15) is 0 Å². The van der Waals surface area contributed by atoms with E-state index in [1.165, 1.54) is 17.4 Å². The van der Waals surface area contributed by atoms with Gasteiger partial charge < -0.3 is 4.90 Å². The van der Waals surface area contributed by atoms with E-state index in [1.807, 2.05) is 34.5 Å². The van der Waals surface area contributed by atoms with Crippen molar-refractivity contribution in [2.24, 2.45) is 5.92 Å². The number of carbonyl (C=O) groups is 1. The lowest BCUT2D eigenvalue weighted by Crippen LogP contribution is -2.34. The molecule has 7 nitrogen and oxygen atoms in total. The molecule has 0 saturated carbocycles. The van der Waals surface area contributed by atoms with Gasteiger partial charge in [0.2, 0.25) is 0 Å². The first kappa shape index (κ1) is 22.0. The van der Waals surface area contributed by atoms with Crippen molar-refractivity contribution in [2.45, 2.75) is 19.8 Å². The Balaban J connectivity index is 1.35. The van der Waals surface area contributed by atoms with Crippen LogP contribution >= 0.6 is 11.3 Å². The van der Waals surface area contributed by atoms with Gasteiger partial charge in [-0.15, -0.1) is 11.3 Å². The number of nitro benzene ring substituents is 1. The minimum absolute atomic E-state index is 0.0438. The maximum Gasteiger partial charge on any atom is 0.293 e. The molecule has 0 radical (unpaired) electrons. The van der Waals surface area contributed by atoms with Crippen molar-refractivity contribution >= 4 is 44.5 Å². The fourth-order valence-electron chi connectivity index (χ4n) is 4.47.